The molecule has 1 amide bonds. The first-order chi connectivity index (χ1) is 25.4. The molecule has 2 aliphatic carbocycles. The summed E-state index contributed by atoms with van der Waals surface area (Å²) >= 11 is 6.40. The number of morpholine rings is 1. The number of fused-ring (bicyclic) bond motifs is 4. The maximum atomic E-state index is 13.4. The van der Waals surface area contributed by atoms with Crippen LogP contribution in [0.15, 0.2) is 48.6 Å². The zero-order chi connectivity index (χ0) is 37.4. The van der Waals surface area contributed by atoms with Gasteiger partial charge in [0.05, 0.1) is 37.4 Å². The molecule has 11 nitrogen and oxygen atoms in total. The van der Waals surface area contributed by atoms with Crippen LogP contribution in [0.25, 0.3) is 0 Å². The Morgan fingerprint density at radius 3 is 2.58 bits per heavy atom. The number of allylic oxidation sites excluding steroid dienone is 1. The van der Waals surface area contributed by atoms with Gasteiger partial charge < -0.3 is 29.2 Å². The number of methoxy groups -OCH3 is 1. The molecule has 8 rings (SSSR count). The van der Waals surface area contributed by atoms with Gasteiger partial charge in [-0.3, -0.25) is 9.59 Å². The Morgan fingerprint density at radius 2 is 1.92 bits per heavy atom. The number of hydrogen-bond acceptors (Lipinski definition) is 10. The Bertz CT molecular complexity index is 1830. The Kier molecular flexibility index (Phi) is 11.0. The molecule has 0 unspecified atom stereocenters. The van der Waals surface area contributed by atoms with E-state index in [0.29, 0.717) is 36.9 Å². The first-order valence-electron chi connectivity index (χ1n) is 18.9. The van der Waals surface area contributed by atoms with Gasteiger partial charge in [0.2, 0.25) is 10.0 Å². The number of nitrogens with zero attached hydrogens (tertiary/aromatic N) is 1. The van der Waals surface area contributed by atoms with Gasteiger partial charge in [0.1, 0.15) is 17.0 Å². The number of ether oxygens (including phenoxy) is 4. The number of anilines is 1. The summed E-state index contributed by atoms with van der Waals surface area (Å²) in [4.78, 5) is 28.4. The number of benzene rings is 2. The quantitative estimate of drug-likeness (QED) is 0.323. The lowest BCUT2D eigenvalue weighted by atomic mass is 9.64. The fraction of sp³-hybridized carbons (Fsp3) is 0.600. The molecule has 2 spiro atoms. The predicted molar refractivity (Wildman–Crippen MR) is 203 cm³/mol. The van der Waals surface area contributed by atoms with E-state index in [-0.39, 0.29) is 34.3 Å². The number of rotatable bonds is 2. The van der Waals surface area contributed by atoms with E-state index in [2.05, 4.69) is 27.1 Å². The van der Waals surface area contributed by atoms with Crippen LogP contribution in [0.3, 0.4) is 0 Å². The van der Waals surface area contributed by atoms with Gasteiger partial charge in [0.15, 0.2) is 6.29 Å². The molecule has 4 aliphatic heterocycles. The fourth-order valence-corrected chi connectivity index (χ4v) is 10.4. The molecule has 288 valence electrons. The van der Waals surface area contributed by atoms with E-state index >= 15 is 0 Å². The highest BCUT2D eigenvalue weighted by Crippen LogP contribution is 2.48. The van der Waals surface area contributed by atoms with Crippen molar-refractivity contribution in [2.75, 3.05) is 64.6 Å². The van der Waals surface area contributed by atoms with Crippen LogP contribution in [0.4, 0.5) is 5.69 Å². The third-order valence-electron chi connectivity index (χ3n) is 12.6. The van der Waals surface area contributed by atoms with E-state index in [9.17, 15) is 18.0 Å². The summed E-state index contributed by atoms with van der Waals surface area (Å²) in [5.41, 5.74) is 2.12. The zero-order valence-corrected chi connectivity index (χ0v) is 32.5. The van der Waals surface area contributed by atoms with Crippen LogP contribution in [0.5, 0.6) is 5.75 Å². The van der Waals surface area contributed by atoms with Crippen LogP contribution >= 0.6 is 11.6 Å². The molecule has 0 radical (unpaired) electrons. The maximum Gasteiger partial charge on any atom is 0.264 e. The van der Waals surface area contributed by atoms with E-state index in [1.54, 1.807) is 32.2 Å². The van der Waals surface area contributed by atoms with Crippen LogP contribution in [-0.4, -0.2) is 96.8 Å². The number of hydrogen-bond donors (Lipinski definition) is 2. The summed E-state index contributed by atoms with van der Waals surface area (Å²) in [7, 11) is -2.41. The number of halogens is 1. The standard InChI is InChI=1S/C34H41ClN2O6S.C6H11NO2/c1-22-6-4-15-34(20-38,42-3)29-11-8-26(29)18-37-19-33(14-5-7-24-16-27(35)10-12-28(24)33)21-43-31-13-9-25(17-30(31)37)32(39)36-44(40,41)23(22)2;1-2-9-6(3-7-1)4-8-5-6/h4,9-10,12-13,15-17,20,22-23,26,29H,5-8,11,14,18-19,21H2,1-3H3,(H,36,39);7H,1-5H2/b15-4+;/t22-,23+,26-,29+,33-,34+;/m0./s1. The molecule has 1 saturated carbocycles. The second-order valence-corrected chi connectivity index (χ2v) is 18.4. The number of aldehydes is 1. The SMILES string of the molecule is C1COC2(CN1)COC2.CO[C@@]1(C=O)/C=C/C[C@H](C)[C@@H](C)S(=O)(=O)NC(=O)c2ccc3c(c2)N(C[C@@H]2CC[C@H]21)C[C@@]1(CCCc2cc(Cl)ccc21)CO3. The Balaban J connectivity index is 0.000000418. The highest BCUT2D eigenvalue weighted by Gasteiger charge is 2.49. The number of aryl methyl sites for hydroxylation is 1. The molecule has 2 saturated heterocycles. The largest absolute Gasteiger partial charge is 0.490 e. The second-order valence-electron chi connectivity index (χ2n) is 15.9. The van der Waals surface area contributed by atoms with Gasteiger partial charge in [-0.1, -0.05) is 30.7 Å². The number of carbonyl (C=O) groups excluding carboxylic acids is 2. The minimum Gasteiger partial charge on any atom is -0.490 e. The molecule has 2 aromatic carbocycles. The monoisotopic (exact) mass is 769 g/mol. The number of sulfonamides is 1. The fourth-order valence-electron chi connectivity index (χ4n) is 8.91. The summed E-state index contributed by atoms with van der Waals surface area (Å²) in [5, 5.41) is 3.15. The molecule has 2 N–H and O–H groups in total. The normalized spacial score (nSPS) is 33.6. The van der Waals surface area contributed by atoms with Crippen LogP contribution in [-0.2, 0) is 40.9 Å². The summed E-state index contributed by atoms with van der Waals surface area (Å²) < 4.78 is 51.9. The van der Waals surface area contributed by atoms with E-state index < -0.39 is 26.8 Å². The molecular weight excluding hydrogens is 718 g/mol. The average Bonchev–Trinajstić information content (AvgIpc) is 3.28. The van der Waals surface area contributed by atoms with Gasteiger partial charge in [-0.25, -0.2) is 13.1 Å². The van der Waals surface area contributed by atoms with Crippen LogP contribution in [0.1, 0.15) is 67.4 Å². The molecule has 4 heterocycles. The lowest BCUT2D eigenvalue weighted by Gasteiger charge is -2.48. The average molecular weight is 770 g/mol. The zero-order valence-electron chi connectivity index (χ0n) is 30.9. The third kappa shape index (κ3) is 7.52. The number of nitrogens with one attached hydrogen (secondary N) is 2. The van der Waals surface area contributed by atoms with Gasteiger partial charge in [-0.15, -0.1) is 0 Å². The summed E-state index contributed by atoms with van der Waals surface area (Å²) in [5.74, 6) is -0.203. The lowest BCUT2D eigenvalue weighted by molar-refractivity contribution is -0.217. The van der Waals surface area contributed by atoms with Gasteiger partial charge in [0.25, 0.3) is 5.91 Å². The molecular formula is C40H52ClN3O8S. The second kappa shape index (κ2) is 15.3. The van der Waals surface area contributed by atoms with Gasteiger partial charge in [0, 0.05) is 55.2 Å². The van der Waals surface area contributed by atoms with Crippen molar-refractivity contribution in [3.05, 3.63) is 70.3 Å². The van der Waals surface area contributed by atoms with Crippen molar-refractivity contribution in [3.63, 3.8) is 0 Å². The topological polar surface area (TPSA) is 132 Å². The van der Waals surface area contributed by atoms with Crippen LogP contribution < -0.4 is 19.7 Å². The minimum atomic E-state index is -3.97. The highest BCUT2D eigenvalue weighted by atomic mass is 35.5. The Labute approximate surface area is 318 Å². The highest BCUT2D eigenvalue weighted by molar-refractivity contribution is 7.90. The summed E-state index contributed by atoms with van der Waals surface area (Å²) in [6, 6.07) is 11.3. The Hall–Kier alpha value is -3.00. The summed E-state index contributed by atoms with van der Waals surface area (Å²) in [6.45, 7) is 9.52. The van der Waals surface area contributed by atoms with Crippen molar-refractivity contribution >= 4 is 39.5 Å². The van der Waals surface area contributed by atoms with Crippen LogP contribution in [0.2, 0.25) is 5.02 Å². The molecule has 53 heavy (non-hydrogen) atoms. The molecule has 0 aromatic heterocycles. The molecule has 6 atom stereocenters. The predicted octanol–water partition coefficient (Wildman–Crippen LogP) is 4.84. The van der Waals surface area contributed by atoms with Crippen molar-refractivity contribution in [2.45, 2.75) is 74.2 Å². The molecule has 2 aromatic rings. The van der Waals surface area contributed by atoms with Crippen LogP contribution in [0, 0.1) is 17.8 Å². The molecule has 3 fully saturated rings. The molecule has 13 heteroatoms. The summed E-state index contributed by atoms with van der Waals surface area (Å²) in [6.07, 6.45) is 9.65. The van der Waals surface area contributed by atoms with Crippen molar-refractivity contribution in [3.8, 4) is 5.75 Å². The Morgan fingerprint density at radius 1 is 1.09 bits per heavy atom. The number of amides is 1. The van der Waals surface area contributed by atoms with E-state index in [1.165, 1.54) is 11.1 Å². The smallest absolute Gasteiger partial charge is 0.264 e. The van der Waals surface area contributed by atoms with Crippen molar-refractivity contribution < 1.29 is 37.0 Å². The van der Waals surface area contributed by atoms with Gasteiger partial charge >= 0.3 is 0 Å². The number of carbonyl (C=O) groups is 2. The maximum absolute atomic E-state index is 13.4. The first-order valence-corrected chi connectivity index (χ1v) is 20.8. The molecule has 2 bridgehead atoms. The van der Waals surface area contributed by atoms with E-state index in [1.807, 2.05) is 25.1 Å². The van der Waals surface area contributed by atoms with Crippen molar-refractivity contribution in [1.29, 1.82) is 0 Å². The van der Waals surface area contributed by atoms with Crippen molar-refractivity contribution in [1.82, 2.24) is 10.0 Å². The van der Waals surface area contributed by atoms with Crippen molar-refractivity contribution in [2.24, 2.45) is 17.8 Å². The third-order valence-corrected chi connectivity index (χ3v) is 14.7. The lowest BCUT2D eigenvalue weighted by Crippen LogP contribution is -2.61. The van der Waals surface area contributed by atoms with E-state index in [0.717, 1.165) is 77.0 Å². The van der Waals surface area contributed by atoms with Gasteiger partial charge in [-0.2, -0.15) is 0 Å². The van der Waals surface area contributed by atoms with Gasteiger partial charge in [-0.05, 0) is 105 Å². The molecule has 6 aliphatic rings. The van der Waals surface area contributed by atoms with E-state index in [4.69, 9.17) is 30.5 Å². The first kappa shape index (κ1) is 38.3. The minimum absolute atomic E-state index is 0.0434.